The maximum absolute atomic E-state index is 12.5. The molecule has 0 radical (unpaired) electrons. The topological polar surface area (TPSA) is 47.6 Å². The Balaban J connectivity index is 2.06. The van der Waals surface area contributed by atoms with Crippen molar-refractivity contribution < 1.29 is 14.3 Å². The summed E-state index contributed by atoms with van der Waals surface area (Å²) in [7, 11) is 1.60. The van der Waals surface area contributed by atoms with Crippen LogP contribution in [0, 0.1) is 0 Å². The van der Waals surface area contributed by atoms with Crippen molar-refractivity contribution in [3.05, 3.63) is 54.1 Å². The Hall–Kier alpha value is -2.49. The Morgan fingerprint density at radius 3 is 2.50 bits per heavy atom. The highest BCUT2D eigenvalue weighted by molar-refractivity contribution is 5.94. The SMILES string of the molecule is CCC(C)c1ccccc1NC(=O)C(C)Oc1cccc(OC)c1. The van der Waals surface area contributed by atoms with Crippen LogP contribution in [0.25, 0.3) is 0 Å². The van der Waals surface area contributed by atoms with E-state index < -0.39 is 6.10 Å². The van der Waals surface area contributed by atoms with Gasteiger partial charge in [-0.15, -0.1) is 0 Å². The van der Waals surface area contributed by atoms with Crippen molar-refractivity contribution in [2.45, 2.75) is 39.2 Å². The Kier molecular flexibility index (Phi) is 6.24. The Morgan fingerprint density at radius 2 is 1.79 bits per heavy atom. The van der Waals surface area contributed by atoms with Crippen molar-refractivity contribution >= 4 is 11.6 Å². The van der Waals surface area contributed by atoms with E-state index in [4.69, 9.17) is 9.47 Å². The van der Waals surface area contributed by atoms with Gasteiger partial charge in [-0.2, -0.15) is 0 Å². The predicted molar refractivity (Wildman–Crippen MR) is 96.9 cm³/mol. The summed E-state index contributed by atoms with van der Waals surface area (Å²) in [5.41, 5.74) is 1.99. The van der Waals surface area contributed by atoms with E-state index in [1.807, 2.05) is 30.3 Å². The normalized spacial score (nSPS) is 13.0. The van der Waals surface area contributed by atoms with E-state index >= 15 is 0 Å². The lowest BCUT2D eigenvalue weighted by molar-refractivity contribution is -0.122. The molecule has 0 aromatic heterocycles. The van der Waals surface area contributed by atoms with Gasteiger partial charge in [0, 0.05) is 11.8 Å². The average Bonchev–Trinajstić information content (AvgIpc) is 2.61. The van der Waals surface area contributed by atoms with Gasteiger partial charge in [0.05, 0.1) is 7.11 Å². The van der Waals surface area contributed by atoms with E-state index in [2.05, 4.69) is 25.2 Å². The number of anilines is 1. The van der Waals surface area contributed by atoms with Gasteiger partial charge in [0.25, 0.3) is 5.91 Å². The third kappa shape index (κ3) is 4.51. The number of amides is 1. The quantitative estimate of drug-likeness (QED) is 0.807. The highest BCUT2D eigenvalue weighted by atomic mass is 16.5. The van der Waals surface area contributed by atoms with Crippen molar-refractivity contribution in [3.63, 3.8) is 0 Å². The summed E-state index contributed by atoms with van der Waals surface area (Å²) in [4.78, 5) is 12.5. The van der Waals surface area contributed by atoms with E-state index in [9.17, 15) is 4.79 Å². The first-order valence-electron chi connectivity index (χ1n) is 8.25. The Morgan fingerprint density at radius 1 is 1.08 bits per heavy atom. The van der Waals surface area contributed by atoms with Crippen LogP contribution in [-0.4, -0.2) is 19.1 Å². The van der Waals surface area contributed by atoms with Gasteiger partial charge in [0.2, 0.25) is 0 Å². The average molecular weight is 327 g/mol. The minimum atomic E-state index is -0.609. The largest absolute Gasteiger partial charge is 0.497 e. The highest BCUT2D eigenvalue weighted by Crippen LogP contribution is 2.27. The van der Waals surface area contributed by atoms with Crippen molar-refractivity contribution in [1.29, 1.82) is 0 Å². The zero-order valence-corrected chi connectivity index (χ0v) is 14.7. The molecule has 2 aromatic carbocycles. The molecule has 0 aliphatic rings. The van der Waals surface area contributed by atoms with Gasteiger partial charge >= 0.3 is 0 Å². The minimum Gasteiger partial charge on any atom is -0.497 e. The van der Waals surface area contributed by atoms with Crippen molar-refractivity contribution in [2.75, 3.05) is 12.4 Å². The standard InChI is InChI=1S/C20H25NO3/c1-5-14(2)18-11-6-7-12-19(18)21-20(22)15(3)24-17-10-8-9-16(13-17)23-4/h6-15H,5H2,1-4H3,(H,21,22). The number of benzene rings is 2. The van der Waals surface area contributed by atoms with Crippen LogP contribution in [0.4, 0.5) is 5.69 Å². The lowest BCUT2D eigenvalue weighted by Gasteiger charge is -2.19. The van der Waals surface area contributed by atoms with Crippen LogP contribution in [0.15, 0.2) is 48.5 Å². The Bertz CT molecular complexity index is 684. The van der Waals surface area contributed by atoms with Gasteiger partial charge < -0.3 is 14.8 Å². The molecule has 128 valence electrons. The zero-order chi connectivity index (χ0) is 17.5. The molecule has 0 saturated heterocycles. The van der Waals surface area contributed by atoms with Gasteiger partial charge in [0.15, 0.2) is 6.10 Å². The molecule has 4 heteroatoms. The summed E-state index contributed by atoms with van der Waals surface area (Å²) >= 11 is 0. The molecule has 4 nitrogen and oxygen atoms in total. The fourth-order valence-corrected chi connectivity index (χ4v) is 2.43. The van der Waals surface area contributed by atoms with Crippen molar-refractivity contribution in [3.8, 4) is 11.5 Å². The van der Waals surface area contributed by atoms with Gasteiger partial charge in [-0.05, 0) is 43.0 Å². The number of hydrogen-bond donors (Lipinski definition) is 1. The molecule has 1 N–H and O–H groups in total. The maximum atomic E-state index is 12.5. The second-order valence-electron chi connectivity index (χ2n) is 5.82. The summed E-state index contributed by atoms with van der Waals surface area (Å²) in [6, 6.07) is 15.1. The molecule has 2 unspecified atom stereocenters. The van der Waals surface area contributed by atoms with E-state index in [-0.39, 0.29) is 5.91 Å². The fraction of sp³-hybridized carbons (Fsp3) is 0.350. The first-order chi connectivity index (χ1) is 11.5. The summed E-state index contributed by atoms with van der Waals surface area (Å²) in [6.45, 7) is 6.03. The second-order valence-corrected chi connectivity index (χ2v) is 5.82. The number of carbonyl (C=O) groups is 1. The smallest absolute Gasteiger partial charge is 0.265 e. The maximum Gasteiger partial charge on any atom is 0.265 e. The number of ether oxygens (including phenoxy) is 2. The molecule has 0 spiro atoms. The van der Waals surface area contributed by atoms with Crippen LogP contribution in [0.1, 0.15) is 38.7 Å². The second kappa shape index (κ2) is 8.39. The van der Waals surface area contributed by atoms with Gasteiger partial charge in [0.1, 0.15) is 11.5 Å². The molecule has 0 aliphatic heterocycles. The first-order valence-corrected chi connectivity index (χ1v) is 8.25. The number of carbonyl (C=O) groups excluding carboxylic acids is 1. The third-order valence-electron chi connectivity index (χ3n) is 4.09. The molecule has 24 heavy (non-hydrogen) atoms. The number of rotatable bonds is 7. The molecule has 0 fully saturated rings. The van der Waals surface area contributed by atoms with Crippen LogP contribution in [0.2, 0.25) is 0 Å². The summed E-state index contributed by atoms with van der Waals surface area (Å²) in [5, 5.41) is 2.98. The monoisotopic (exact) mass is 327 g/mol. The summed E-state index contributed by atoms with van der Waals surface area (Å²) < 4.78 is 10.9. The number of para-hydroxylation sites is 1. The minimum absolute atomic E-state index is 0.173. The highest BCUT2D eigenvalue weighted by Gasteiger charge is 2.17. The predicted octanol–water partition coefficient (Wildman–Crippen LogP) is 4.61. The summed E-state index contributed by atoms with van der Waals surface area (Å²) in [5.74, 6) is 1.51. The lowest BCUT2D eigenvalue weighted by atomic mass is 9.97. The molecular weight excluding hydrogens is 302 g/mol. The molecule has 1 amide bonds. The summed E-state index contributed by atoms with van der Waals surface area (Å²) in [6.07, 6.45) is 0.407. The molecule has 0 bridgehead atoms. The first kappa shape index (κ1) is 17.9. The molecule has 2 atom stereocenters. The zero-order valence-electron chi connectivity index (χ0n) is 14.7. The van der Waals surface area contributed by atoms with E-state index in [0.717, 1.165) is 17.7 Å². The molecule has 2 aromatic rings. The van der Waals surface area contributed by atoms with Crippen LogP contribution >= 0.6 is 0 Å². The molecule has 0 aliphatic carbocycles. The molecule has 0 heterocycles. The number of methoxy groups -OCH3 is 1. The van der Waals surface area contributed by atoms with E-state index in [1.54, 1.807) is 26.2 Å². The van der Waals surface area contributed by atoms with Crippen LogP contribution in [0.5, 0.6) is 11.5 Å². The lowest BCUT2D eigenvalue weighted by Crippen LogP contribution is -2.30. The van der Waals surface area contributed by atoms with Crippen molar-refractivity contribution in [2.24, 2.45) is 0 Å². The van der Waals surface area contributed by atoms with Crippen LogP contribution in [-0.2, 0) is 4.79 Å². The molecule has 0 saturated carbocycles. The number of hydrogen-bond acceptors (Lipinski definition) is 3. The van der Waals surface area contributed by atoms with E-state index in [1.165, 1.54) is 0 Å². The fourth-order valence-electron chi connectivity index (χ4n) is 2.43. The molecule has 2 rings (SSSR count). The Labute approximate surface area is 143 Å². The third-order valence-corrected chi connectivity index (χ3v) is 4.09. The van der Waals surface area contributed by atoms with Gasteiger partial charge in [-0.3, -0.25) is 4.79 Å². The molecular formula is C20H25NO3. The number of nitrogens with one attached hydrogen (secondary N) is 1. The van der Waals surface area contributed by atoms with E-state index in [0.29, 0.717) is 17.4 Å². The van der Waals surface area contributed by atoms with Crippen LogP contribution in [0.3, 0.4) is 0 Å². The van der Waals surface area contributed by atoms with Gasteiger partial charge in [-0.25, -0.2) is 0 Å². The van der Waals surface area contributed by atoms with Crippen LogP contribution < -0.4 is 14.8 Å². The van der Waals surface area contributed by atoms with Gasteiger partial charge in [-0.1, -0.05) is 38.1 Å². The van der Waals surface area contributed by atoms with Crippen molar-refractivity contribution in [1.82, 2.24) is 0 Å².